The Morgan fingerprint density at radius 3 is 2.73 bits per heavy atom. The van der Waals surface area contributed by atoms with E-state index >= 15 is 0 Å². The normalized spacial score (nSPS) is 17.3. The maximum Gasteiger partial charge on any atom is 0.270 e. The van der Waals surface area contributed by atoms with E-state index in [1.54, 1.807) is 18.2 Å². The molecule has 0 atom stereocenters. The summed E-state index contributed by atoms with van der Waals surface area (Å²) in [5.74, 6) is 1.95. The van der Waals surface area contributed by atoms with Gasteiger partial charge in [0, 0.05) is 6.07 Å². The van der Waals surface area contributed by atoms with Crippen molar-refractivity contribution < 1.29 is 19.0 Å². The highest BCUT2D eigenvalue weighted by molar-refractivity contribution is 8.27. The molecule has 2 aliphatic heterocycles. The molecule has 2 aliphatic rings. The fourth-order valence-electron chi connectivity index (χ4n) is 2.69. The predicted molar refractivity (Wildman–Crippen MR) is 106 cm³/mol. The second kappa shape index (κ2) is 7.01. The largest absolute Gasteiger partial charge is 0.494 e. The number of nitrogens with zero attached hydrogens (tertiary/aromatic N) is 1. The minimum absolute atomic E-state index is 0.146. The quantitative estimate of drug-likeness (QED) is 0.580. The Balaban J connectivity index is 1.58. The summed E-state index contributed by atoms with van der Waals surface area (Å²) >= 11 is 6.70. The molecule has 1 saturated heterocycles. The zero-order valence-electron chi connectivity index (χ0n) is 13.9. The van der Waals surface area contributed by atoms with Crippen LogP contribution in [0, 0.1) is 0 Å². The number of benzene rings is 2. The number of hydrogen-bond donors (Lipinski definition) is 0. The molecule has 0 radical (unpaired) electrons. The van der Waals surface area contributed by atoms with Gasteiger partial charge in [0.1, 0.15) is 5.75 Å². The molecule has 0 bridgehead atoms. The van der Waals surface area contributed by atoms with Crippen LogP contribution in [0.1, 0.15) is 12.5 Å². The molecule has 1 fully saturated rings. The summed E-state index contributed by atoms with van der Waals surface area (Å²) < 4.78 is 16.6. The number of anilines is 1. The van der Waals surface area contributed by atoms with Crippen molar-refractivity contribution in [2.45, 2.75) is 6.92 Å². The number of thiocarbonyl (C=S) groups is 1. The van der Waals surface area contributed by atoms with Gasteiger partial charge >= 0.3 is 0 Å². The molecule has 1 amide bonds. The summed E-state index contributed by atoms with van der Waals surface area (Å²) in [5.41, 5.74) is 1.59. The maximum absolute atomic E-state index is 12.8. The SMILES string of the molecule is CCOc1ccc(C=C2SC(=S)N(c3ccc4c(c3)OCO4)C2=O)cc1. The smallest absolute Gasteiger partial charge is 0.270 e. The van der Waals surface area contributed by atoms with Crippen molar-refractivity contribution in [3.63, 3.8) is 0 Å². The molecular weight excluding hydrogens is 370 g/mol. The Kier molecular flexibility index (Phi) is 4.57. The topological polar surface area (TPSA) is 48.0 Å². The number of thioether (sulfide) groups is 1. The molecule has 0 aliphatic carbocycles. The lowest BCUT2D eigenvalue weighted by Crippen LogP contribution is -2.27. The van der Waals surface area contributed by atoms with Gasteiger partial charge in [0.15, 0.2) is 15.8 Å². The molecular formula is C19H15NO4S2. The fourth-order valence-corrected chi connectivity index (χ4v) is 3.99. The highest BCUT2D eigenvalue weighted by atomic mass is 32.2. The Morgan fingerprint density at radius 2 is 1.96 bits per heavy atom. The lowest BCUT2D eigenvalue weighted by Gasteiger charge is -2.14. The van der Waals surface area contributed by atoms with Crippen molar-refractivity contribution in [2.75, 3.05) is 18.3 Å². The Bertz CT molecular complexity index is 908. The number of carbonyl (C=O) groups is 1. The second-order valence-electron chi connectivity index (χ2n) is 5.56. The summed E-state index contributed by atoms with van der Waals surface area (Å²) in [6, 6.07) is 13.0. The van der Waals surface area contributed by atoms with Gasteiger partial charge in [-0.3, -0.25) is 9.69 Å². The third-order valence-corrected chi connectivity index (χ3v) is 5.20. The Hall–Kier alpha value is -2.51. The van der Waals surface area contributed by atoms with Crippen LogP contribution in [-0.4, -0.2) is 23.6 Å². The standard InChI is InChI=1S/C19H15NO4S2/c1-2-22-14-6-3-12(4-7-14)9-17-18(21)20(19(25)26-17)13-5-8-15-16(10-13)24-11-23-15/h3-10H,2,11H2,1H3. The number of ether oxygens (including phenoxy) is 3. The van der Waals surface area contributed by atoms with Gasteiger partial charge in [0.25, 0.3) is 5.91 Å². The molecule has 5 nitrogen and oxygen atoms in total. The monoisotopic (exact) mass is 385 g/mol. The minimum atomic E-state index is -0.146. The van der Waals surface area contributed by atoms with Gasteiger partial charge < -0.3 is 14.2 Å². The predicted octanol–water partition coefficient (Wildman–Crippen LogP) is 4.22. The van der Waals surface area contributed by atoms with E-state index in [1.165, 1.54) is 16.7 Å². The number of amides is 1. The number of rotatable bonds is 4. The summed E-state index contributed by atoms with van der Waals surface area (Å²) in [6.45, 7) is 2.75. The van der Waals surface area contributed by atoms with Crippen LogP contribution >= 0.6 is 24.0 Å². The average molecular weight is 385 g/mol. The second-order valence-corrected chi connectivity index (χ2v) is 7.23. The molecule has 0 aromatic heterocycles. The molecule has 132 valence electrons. The van der Waals surface area contributed by atoms with Crippen molar-refractivity contribution >= 4 is 46.0 Å². The summed E-state index contributed by atoms with van der Waals surface area (Å²) in [7, 11) is 0. The maximum atomic E-state index is 12.8. The molecule has 7 heteroatoms. The summed E-state index contributed by atoms with van der Waals surface area (Å²) in [5, 5.41) is 0. The van der Waals surface area contributed by atoms with Crippen LogP contribution in [0.3, 0.4) is 0 Å². The van der Waals surface area contributed by atoms with Crippen LogP contribution in [0.25, 0.3) is 6.08 Å². The summed E-state index contributed by atoms with van der Waals surface area (Å²) in [6.07, 6.45) is 1.84. The van der Waals surface area contributed by atoms with Crippen LogP contribution in [0.5, 0.6) is 17.2 Å². The first-order chi connectivity index (χ1) is 12.7. The third kappa shape index (κ3) is 3.15. The Morgan fingerprint density at radius 1 is 1.19 bits per heavy atom. The molecule has 0 spiro atoms. The van der Waals surface area contributed by atoms with Crippen LogP contribution < -0.4 is 19.1 Å². The van der Waals surface area contributed by atoms with Crippen molar-refractivity contribution in [3.05, 3.63) is 52.9 Å². The van der Waals surface area contributed by atoms with Crippen LogP contribution in [0.4, 0.5) is 5.69 Å². The fraction of sp³-hybridized carbons (Fsp3) is 0.158. The van der Waals surface area contributed by atoms with E-state index < -0.39 is 0 Å². The van der Waals surface area contributed by atoms with Gasteiger partial charge in [-0.15, -0.1) is 0 Å². The first kappa shape index (κ1) is 16.9. The van der Waals surface area contributed by atoms with E-state index in [9.17, 15) is 4.79 Å². The van der Waals surface area contributed by atoms with Gasteiger partial charge in [0.2, 0.25) is 6.79 Å². The lowest BCUT2D eigenvalue weighted by atomic mass is 10.2. The van der Waals surface area contributed by atoms with Crippen molar-refractivity contribution in [3.8, 4) is 17.2 Å². The van der Waals surface area contributed by atoms with E-state index in [4.69, 9.17) is 26.4 Å². The van der Waals surface area contributed by atoms with Crippen LogP contribution in [-0.2, 0) is 4.79 Å². The molecule has 4 rings (SSSR count). The van der Waals surface area contributed by atoms with Crippen molar-refractivity contribution in [1.82, 2.24) is 0 Å². The Labute approximate surface area is 160 Å². The number of hydrogen-bond acceptors (Lipinski definition) is 6. The molecule has 0 unspecified atom stereocenters. The van der Waals surface area contributed by atoms with Gasteiger partial charge in [-0.25, -0.2) is 0 Å². The zero-order valence-corrected chi connectivity index (χ0v) is 15.6. The first-order valence-corrected chi connectivity index (χ1v) is 9.28. The van der Waals surface area contributed by atoms with Crippen molar-refractivity contribution in [2.24, 2.45) is 0 Å². The molecule has 2 aromatic carbocycles. The van der Waals surface area contributed by atoms with Crippen LogP contribution in [0.2, 0.25) is 0 Å². The number of carbonyl (C=O) groups excluding carboxylic acids is 1. The highest BCUT2D eigenvalue weighted by Gasteiger charge is 2.34. The van der Waals surface area contributed by atoms with Gasteiger partial charge in [0.05, 0.1) is 17.2 Å². The molecule has 26 heavy (non-hydrogen) atoms. The molecule has 2 aromatic rings. The third-order valence-electron chi connectivity index (χ3n) is 3.90. The van der Waals surface area contributed by atoms with E-state index in [-0.39, 0.29) is 12.7 Å². The van der Waals surface area contributed by atoms with Gasteiger partial charge in [-0.1, -0.05) is 36.1 Å². The van der Waals surface area contributed by atoms with Gasteiger partial charge in [-0.05, 0) is 42.8 Å². The van der Waals surface area contributed by atoms with E-state index in [0.29, 0.717) is 33.0 Å². The highest BCUT2D eigenvalue weighted by Crippen LogP contribution is 2.40. The van der Waals surface area contributed by atoms with Crippen molar-refractivity contribution in [1.29, 1.82) is 0 Å². The molecule has 2 heterocycles. The van der Waals surface area contributed by atoms with E-state index in [1.807, 2.05) is 37.3 Å². The minimum Gasteiger partial charge on any atom is -0.494 e. The van der Waals surface area contributed by atoms with Gasteiger partial charge in [-0.2, -0.15) is 0 Å². The summed E-state index contributed by atoms with van der Waals surface area (Å²) in [4.78, 5) is 14.9. The van der Waals surface area contributed by atoms with Crippen LogP contribution in [0.15, 0.2) is 47.4 Å². The zero-order chi connectivity index (χ0) is 18.1. The molecule has 0 saturated carbocycles. The number of fused-ring (bicyclic) bond motifs is 1. The first-order valence-electron chi connectivity index (χ1n) is 8.06. The molecule has 0 N–H and O–H groups in total. The van der Waals surface area contributed by atoms with E-state index in [2.05, 4.69) is 0 Å². The average Bonchev–Trinajstić information content (AvgIpc) is 3.21. The van der Waals surface area contributed by atoms with E-state index in [0.717, 1.165) is 11.3 Å². The lowest BCUT2D eigenvalue weighted by molar-refractivity contribution is -0.113.